The molecule has 0 saturated carbocycles. The van der Waals surface area contributed by atoms with Gasteiger partial charge >= 0.3 is 0 Å². The van der Waals surface area contributed by atoms with Crippen molar-refractivity contribution in [3.63, 3.8) is 0 Å². The Morgan fingerprint density at radius 2 is 2.00 bits per heavy atom. The lowest BCUT2D eigenvalue weighted by molar-refractivity contribution is 0.101. The molecule has 2 aromatic heterocycles. The number of hydrogen-bond acceptors (Lipinski definition) is 8. The van der Waals surface area contributed by atoms with Crippen molar-refractivity contribution in [1.29, 1.82) is 0 Å². The third-order valence-electron chi connectivity index (χ3n) is 4.08. The molecule has 0 radical (unpaired) electrons. The molecule has 3 rings (SSSR count). The van der Waals surface area contributed by atoms with Gasteiger partial charge in [-0.3, -0.25) is 4.79 Å². The van der Waals surface area contributed by atoms with Crippen LogP contribution in [-0.2, 0) is 0 Å². The molecule has 0 atom stereocenters. The van der Waals surface area contributed by atoms with Gasteiger partial charge in [-0.2, -0.15) is 0 Å². The van der Waals surface area contributed by atoms with E-state index in [0.717, 1.165) is 15.8 Å². The minimum atomic E-state index is -0.0911. The number of ketones is 1. The zero-order valence-electron chi connectivity index (χ0n) is 15.0. The molecule has 0 unspecified atom stereocenters. The van der Waals surface area contributed by atoms with Gasteiger partial charge in [-0.25, -0.2) is 9.97 Å². The fourth-order valence-electron chi connectivity index (χ4n) is 2.56. The minimum absolute atomic E-state index is 0.0911. The number of Topliss-reactive ketones (excluding diaryl/α,β-unsaturated/α-hetero) is 1. The van der Waals surface area contributed by atoms with E-state index in [0.29, 0.717) is 28.0 Å². The number of nitrogens with zero attached hydrogens (tertiary/aromatic N) is 2. The summed E-state index contributed by atoms with van der Waals surface area (Å²) in [6.45, 7) is 4.05. The van der Waals surface area contributed by atoms with Gasteiger partial charge in [0, 0.05) is 4.88 Å². The number of methoxy groups -OCH3 is 2. The van der Waals surface area contributed by atoms with E-state index in [1.54, 1.807) is 36.6 Å². The molecular weight excluding hydrogens is 370 g/mol. The summed E-state index contributed by atoms with van der Waals surface area (Å²) in [6.07, 6.45) is 0. The molecular formula is C18H19N3O3S2. The highest BCUT2D eigenvalue weighted by atomic mass is 32.2. The van der Waals surface area contributed by atoms with E-state index in [2.05, 4.69) is 9.97 Å². The van der Waals surface area contributed by atoms with Crippen LogP contribution in [0.5, 0.6) is 11.5 Å². The summed E-state index contributed by atoms with van der Waals surface area (Å²) >= 11 is 2.84. The maximum atomic E-state index is 12.6. The van der Waals surface area contributed by atoms with Crippen LogP contribution in [0.2, 0.25) is 0 Å². The van der Waals surface area contributed by atoms with Crippen LogP contribution < -0.4 is 15.2 Å². The molecule has 2 N–H and O–H groups in total. The van der Waals surface area contributed by atoms with Crippen LogP contribution >= 0.6 is 23.1 Å². The van der Waals surface area contributed by atoms with E-state index < -0.39 is 0 Å². The number of aromatic nitrogens is 2. The van der Waals surface area contributed by atoms with E-state index in [1.807, 2.05) is 13.8 Å². The second kappa shape index (κ2) is 7.51. The number of carbonyl (C=O) groups excluding carboxylic acids is 1. The number of rotatable bonds is 6. The van der Waals surface area contributed by atoms with Crippen LogP contribution in [0.15, 0.2) is 23.4 Å². The van der Waals surface area contributed by atoms with E-state index >= 15 is 0 Å². The number of nitrogens with two attached hydrogens (primary N) is 1. The van der Waals surface area contributed by atoms with Crippen molar-refractivity contribution in [3.05, 3.63) is 34.2 Å². The van der Waals surface area contributed by atoms with Gasteiger partial charge < -0.3 is 15.2 Å². The van der Waals surface area contributed by atoms with Gasteiger partial charge in [0.2, 0.25) is 0 Å². The largest absolute Gasteiger partial charge is 0.497 e. The Bertz CT molecular complexity index is 985. The number of anilines is 1. The van der Waals surface area contributed by atoms with Crippen molar-refractivity contribution in [2.45, 2.75) is 19.0 Å². The molecule has 2 heterocycles. The van der Waals surface area contributed by atoms with Gasteiger partial charge in [0.15, 0.2) is 10.9 Å². The van der Waals surface area contributed by atoms with Gasteiger partial charge in [0.05, 0.1) is 30.9 Å². The Labute approximate surface area is 159 Å². The van der Waals surface area contributed by atoms with Gasteiger partial charge in [-0.15, -0.1) is 11.3 Å². The number of nitrogen functional groups attached to an aromatic ring is 1. The topological polar surface area (TPSA) is 87.3 Å². The monoisotopic (exact) mass is 389 g/mol. The molecule has 0 bridgehead atoms. The van der Waals surface area contributed by atoms with Crippen LogP contribution in [0.3, 0.4) is 0 Å². The SMILES string of the molecule is COc1ccc(OC)c(C(=O)CSc2nc(N)c3c(C)c(C)sc3n2)c1. The minimum Gasteiger partial charge on any atom is -0.497 e. The molecule has 6 nitrogen and oxygen atoms in total. The highest BCUT2D eigenvalue weighted by Crippen LogP contribution is 2.34. The molecule has 136 valence electrons. The van der Waals surface area contributed by atoms with Crippen molar-refractivity contribution in [3.8, 4) is 11.5 Å². The molecule has 0 aliphatic heterocycles. The third-order valence-corrected chi connectivity index (χ3v) is 6.02. The van der Waals surface area contributed by atoms with Gasteiger partial charge in [0.1, 0.15) is 22.1 Å². The van der Waals surface area contributed by atoms with Crippen LogP contribution in [0.4, 0.5) is 5.82 Å². The Morgan fingerprint density at radius 1 is 1.23 bits per heavy atom. The van der Waals surface area contributed by atoms with E-state index in [4.69, 9.17) is 15.2 Å². The van der Waals surface area contributed by atoms with E-state index in [1.165, 1.54) is 23.7 Å². The molecule has 0 saturated heterocycles. The molecule has 0 spiro atoms. The fourth-order valence-corrected chi connectivity index (χ4v) is 4.39. The molecule has 0 aliphatic carbocycles. The average molecular weight is 390 g/mol. The maximum Gasteiger partial charge on any atom is 0.191 e. The van der Waals surface area contributed by atoms with Crippen molar-refractivity contribution in [1.82, 2.24) is 9.97 Å². The summed E-state index contributed by atoms with van der Waals surface area (Å²) < 4.78 is 10.5. The quantitative estimate of drug-likeness (QED) is 0.389. The van der Waals surface area contributed by atoms with Gasteiger partial charge in [0.25, 0.3) is 0 Å². The zero-order chi connectivity index (χ0) is 18.8. The first-order chi connectivity index (χ1) is 12.4. The zero-order valence-corrected chi connectivity index (χ0v) is 16.6. The highest BCUT2D eigenvalue weighted by molar-refractivity contribution is 7.99. The normalized spacial score (nSPS) is 10.9. The first-order valence-electron chi connectivity index (χ1n) is 7.85. The molecule has 0 aliphatic rings. The van der Waals surface area contributed by atoms with Gasteiger partial charge in [-0.05, 0) is 37.6 Å². The molecule has 1 aromatic carbocycles. The smallest absolute Gasteiger partial charge is 0.191 e. The van der Waals surface area contributed by atoms with Crippen molar-refractivity contribution in [2.24, 2.45) is 0 Å². The third kappa shape index (κ3) is 3.47. The Kier molecular flexibility index (Phi) is 5.33. The molecule has 0 amide bonds. The maximum absolute atomic E-state index is 12.6. The number of benzene rings is 1. The number of thiophene rings is 1. The first-order valence-corrected chi connectivity index (χ1v) is 9.66. The number of carbonyl (C=O) groups is 1. The second-order valence-corrected chi connectivity index (χ2v) is 7.78. The Hall–Kier alpha value is -2.32. The lowest BCUT2D eigenvalue weighted by Gasteiger charge is -2.09. The number of thioether (sulfide) groups is 1. The fraction of sp³-hybridized carbons (Fsp3) is 0.278. The number of hydrogen-bond donors (Lipinski definition) is 1. The van der Waals surface area contributed by atoms with Crippen molar-refractivity contribution < 1.29 is 14.3 Å². The van der Waals surface area contributed by atoms with Crippen LogP contribution in [0.1, 0.15) is 20.8 Å². The summed E-state index contributed by atoms with van der Waals surface area (Å²) in [4.78, 5) is 23.5. The summed E-state index contributed by atoms with van der Waals surface area (Å²) in [6, 6.07) is 5.14. The van der Waals surface area contributed by atoms with E-state index in [-0.39, 0.29) is 11.5 Å². The predicted molar refractivity (Wildman–Crippen MR) is 106 cm³/mol. The number of ether oxygens (including phenoxy) is 2. The Morgan fingerprint density at radius 3 is 2.69 bits per heavy atom. The number of aryl methyl sites for hydroxylation is 2. The summed E-state index contributed by atoms with van der Waals surface area (Å²) in [5.74, 6) is 1.65. The second-order valence-electron chi connectivity index (χ2n) is 5.63. The average Bonchev–Trinajstić information content (AvgIpc) is 2.93. The van der Waals surface area contributed by atoms with Crippen LogP contribution in [0.25, 0.3) is 10.2 Å². The molecule has 0 fully saturated rings. The molecule has 3 aromatic rings. The standard InChI is InChI=1S/C18H19N3O3S2/c1-9-10(2)26-17-15(9)16(19)20-18(21-17)25-8-13(22)12-7-11(23-3)5-6-14(12)24-4/h5-7H,8H2,1-4H3,(H2,19,20,21). The lowest BCUT2D eigenvalue weighted by Crippen LogP contribution is -2.06. The molecule has 8 heteroatoms. The highest BCUT2D eigenvalue weighted by Gasteiger charge is 2.17. The van der Waals surface area contributed by atoms with E-state index in [9.17, 15) is 4.79 Å². The summed E-state index contributed by atoms with van der Waals surface area (Å²) in [7, 11) is 3.09. The van der Waals surface area contributed by atoms with Crippen molar-refractivity contribution >= 4 is 44.9 Å². The predicted octanol–water partition coefficient (Wildman–Crippen LogP) is 3.88. The van der Waals surface area contributed by atoms with Crippen molar-refractivity contribution in [2.75, 3.05) is 25.7 Å². The molecule has 26 heavy (non-hydrogen) atoms. The lowest BCUT2D eigenvalue weighted by atomic mass is 10.1. The van der Waals surface area contributed by atoms with Crippen LogP contribution in [0, 0.1) is 13.8 Å². The Balaban J connectivity index is 1.83. The summed E-state index contributed by atoms with van der Waals surface area (Å²) in [5.41, 5.74) is 7.67. The summed E-state index contributed by atoms with van der Waals surface area (Å²) in [5, 5.41) is 1.39. The van der Waals surface area contributed by atoms with Gasteiger partial charge in [-0.1, -0.05) is 11.8 Å². The number of fused-ring (bicyclic) bond motifs is 1. The first kappa shape index (κ1) is 18.5. The van der Waals surface area contributed by atoms with Crippen LogP contribution in [-0.4, -0.2) is 35.7 Å².